The van der Waals surface area contributed by atoms with Crippen molar-refractivity contribution in [3.05, 3.63) is 29.8 Å². The summed E-state index contributed by atoms with van der Waals surface area (Å²) in [6.45, 7) is 4.81. The number of aromatic hydroxyl groups is 1. The summed E-state index contributed by atoms with van der Waals surface area (Å²) in [4.78, 5) is 2.48. The number of nitrogens with zero attached hydrogens (tertiary/aromatic N) is 1. The van der Waals surface area contributed by atoms with E-state index in [-0.39, 0.29) is 0 Å². The van der Waals surface area contributed by atoms with E-state index in [4.69, 9.17) is 5.73 Å². The van der Waals surface area contributed by atoms with Crippen LogP contribution >= 0.6 is 0 Å². The minimum atomic E-state index is 0.404. The van der Waals surface area contributed by atoms with Gasteiger partial charge in [-0.25, -0.2) is 0 Å². The number of hydrogen-bond donors (Lipinski definition) is 2. The van der Waals surface area contributed by atoms with Crippen LogP contribution in [0.25, 0.3) is 0 Å². The van der Waals surface area contributed by atoms with E-state index >= 15 is 0 Å². The van der Waals surface area contributed by atoms with Crippen LogP contribution in [0.1, 0.15) is 38.2 Å². The lowest BCUT2D eigenvalue weighted by atomic mass is 9.83. The van der Waals surface area contributed by atoms with Gasteiger partial charge >= 0.3 is 0 Å². The summed E-state index contributed by atoms with van der Waals surface area (Å²) < 4.78 is 0. The van der Waals surface area contributed by atoms with Crippen LogP contribution < -0.4 is 5.73 Å². The van der Waals surface area contributed by atoms with E-state index in [1.807, 2.05) is 18.2 Å². The molecule has 1 aliphatic carbocycles. The zero-order chi connectivity index (χ0) is 13.7. The molecule has 0 amide bonds. The van der Waals surface area contributed by atoms with E-state index in [9.17, 15) is 5.11 Å². The Morgan fingerprint density at radius 2 is 2.00 bits per heavy atom. The highest BCUT2D eigenvalue weighted by Gasteiger charge is 2.28. The SMILES string of the molecule is CCN(Cc1ccccc1O)C1CCCCC1CN. The van der Waals surface area contributed by atoms with Gasteiger partial charge in [0.2, 0.25) is 0 Å². The van der Waals surface area contributed by atoms with E-state index in [2.05, 4.69) is 11.8 Å². The maximum Gasteiger partial charge on any atom is 0.120 e. The molecule has 1 fully saturated rings. The first-order valence-corrected chi connectivity index (χ1v) is 7.47. The fraction of sp³-hybridized carbons (Fsp3) is 0.625. The van der Waals surface area contributed by atoms with Gasteiger partial charge in [0.05, 0.1) is 0 Å². The van der Waals surface area contributed by atoms with Crippen LogP contribution in [-0.4, -0.2) is 29.1 Å². The molecule has 1 aromatic rings. The second-order valence-electron chi connectivity index (χ2n) is 5.54. The number of para-hydroxylation sites is 1. The van der Waals surface area contributed by atoms with Crippen LogP contribution in [0.4, 0.5) is 0 Å². The normalized spacial score (nSPS) is 23.7. The van der Waals surface area contributed by atoms with Gasteiger partial charge in [0, 0.05) is 18.2 Å². The van der Waals surface area contributed by atoms with E-state index < -0.39 is 0 Å². The molecule has 3 nitrogen and oxygen atoms in total. The lowest BCUT2D eigenvalue weighted by molar-refractivity contribution is 0.105. The second-order valence-corrected chi connectivity index (χ2v) is 5.54. The number of phenols is 1. The topological polar surface area (TPSA) is 49.5 Å². The fourth-order valence-corrected chi connectivity index (χ4v) is 3.27. The van der Waals surface area contributed by atoms with Crippen molar-refractivity contribution >= 4 is 0 Å². The predicted octanol–water partition coefficient (Wildman–Crippen LogP) is 2.73. The zero-order valence-electron chi connectivity index (χ0n) is 11.9. The summed E-state index contributed by atoms with van der Waals surface area (Å²) in [6.07, 6.45) is 5.10. The van der Waals surface area contributed by atoms with Crippen LogP contribution in [0, 0.1) is 5.92 Å². The highest BCUT2D eigenvalue weighted by molar-refractivity contribution is 5.31. The smallest absolute Gasteiger partial charge is 0.120 e. The van der Waals surface area contributed by atoms with Gasteiger partial charge in [-0.05, 0) is 37.9 Å². The van der Waals surface area contributed by atoms with Crippen molar-refractivity contribution in [3.8, 4) is 5.75 Å². The van der Waals surface area contributed by atoms with Gasteiger partial charge in [0.1, 0.15) is 5.75 Å². The molecule has 0 radical (unpaired) electrons. The first kappa shape index (κ1) is 14.4. The third kappa shape index (κ3) is 3.48. The first-order chi connectivity index (χ1) is 9.26. The molecule has 2 rings (SSSR count). The number of hydrogen-bond acceptors (Lipinski definition) is 3. The predicted molar refractivity (Wildman–Crippen MR) is 79.0 cm³/mol. The standard InChI is InChI=1S/C16H26N2O/c1-2-18(12-14-8-4-6-10-16(14)19)15-9-5-3-7-13(15)11-17/h4,6,8,10,13,15,19H,2-3,5,7,9,11-12,17H2,1H3. The Kier molecular flexibility index (Phi) is 5.23. The van der Waals surface area contributed by atoms with Gasteiger partial charge < -0.3 is 10.8 Å². The number of nitrogens with two attached hydrogens (primary N) is 1. The first-order valence-electron chi connectivity index (χ1n) is 7.47. The van der Waals surface area contributed by atoms with Gasteiger partial charge in [0.15, 0.2) is 0 Å². The molecule has 0 aromatic heterocycles. The Hall–Kier alpha value is -1.06. The highest BCUT2D eigenvalue weighted by atomic mass is 16.3. The molecular formula is C16H26N2O. The molecule has 0 aliphatic heterocycles. The molecule has 2 atom stereocenters. The molecule has 19 heavy (non-hydrogen) atoms. The van der Waals surface area contributed by atoms with Crippen LogP contribution in [-0.2, 0) is 6.54 Å². The number of phenolic OH excluding ortho intramolecular Hbond substituents is 1. The zero-order valence-corrected chi connectivity index (χ0v) is 11.9. The van der Waals surface area contributed by atoms with Gasteiger partial charge in [0.25, 0.3) is 0 Å². The maximum absolute atomic E-state index is 9.93. The van der Waals surface area contributed by atoms with E-state index in [1.165, 1.54) is 25.7 Å². The Morgan fingerprint density at radius 1 is 1.26 bits per heavy atom. The van der Waals surface area contributed by atoms with Crippen molar-refractivity contribution in [2.45, 2.75) is 45.2 Å². The Bertz CT molecular complexity index is 394. The van der Waals surface area contributed by atoms with Crippen LogP contribution in [0.2, 0.25) is 0 Å². The summed E-state index contributed by atoms with van der Waals surface area (Å²) in [6, 6.07) is 8.22. The molecule has 1 aliphatic rings. The molecule has 2 unspecified atom stereocenters. The van der Waals surface area contributed by atoms with E-state index in [1.54, 1.807) is 6.07 Å². The highest BCUT2D eigenvalue weighted by Crippen LogP contribution is 2.29. The Balaban J connectivity index is 2.08. The molecule has 0 spiro atoms. The number of benzene rings is 1. The van der Waals surface area contributed by atoms with Crippen molar-refractivity contribution in [2.24, 2.45) is 11.7 Å². The van der Waals surface area contributed by atoms with Crippen molar-refractivity contribution in [3.63, 3.8) is 0 Å². The summed E-state index contributed by atoms with van der Waals surface area (Å²) in [5.41, 5.74) is 6.95. The lowest BCUT2D eigenvalue weighted by Crippen LogP contribution is -2.44. The third-order valence-electron chi connectivity index (χ3n) is 4.41. The molecule has 0 saturated heterocycles. The van der Waals surface area contributed by atoms with Crippen LogP contribution in [0.5, 0.6) is 5.75 Å². The average Bonchev–Trinajstić information content (AvgIpc) is 2.46. The van der Waals surface area contributed by atoms with Crippen molar-refractivity contribution in [1.82, 2.24) is 4.90 Å². The lowest BCUT2D eigenvalue weighted by Gasteiger charge is -2.39. The quantitative estimate of drug-likeness (QED) is 0.858. The van der Waals surface area contributed by atoms with Crippen molar-refractivity contribution in [2.75, 3.05) is 13.1 Å². The minimum absolute atomic E-state index is 0.404. The Labute approximate surface area is 116 Å². The summed E-state index contributed by atoms with van der Waals surface area (Å²) >= 11 is 0. The van der Waals surface area contributed by atoms with Crippen molar-refractivity contribution in [1.29, 1.82) is 0 Å². The molecule has 1 aromatic carbocycles. The Morgan fingerprint density at radius 3 is 2.68 bits per heavy atom. The van der Waals surface area contributed by atoms with Crippen LogP contribution in [0.3, 0.4) is 0 Å². The maximum atomic E-state index is 9.93. The van der Waals surface area contributed by atoms with Crippen LogP contribution in [0.15, 0.2) is 24.3 Å². The van der Waals surface area contributed by atoms with Gasteiger partial charge in [-0.15, -0.1) is 0 Å². The largest absolute Gasteiger partial charge is 0.508 e. The monoisotopic (exact) mass is 262 g/mol. The summed E-state index contributed by atoms with van der Waals surface area (Å²) in [5.74, 6) is 1.01. The molecule has 0 bridgehead atoms. The fourth-order valence-electron chi connectivity index (χ4n) is 3.27. The molecule has 3 N–H and O–H groups in total. The average molecular weight is 262 g/mol. The summed E-state index contributed by atoms with van der Waals surface area (Å²) in [7, 11) is 0. The van der Waals surface area contributed by atoms with Gasteiger partial charge in [-0.3, -0.25) is 4.90 Å². The molecule has 0 heterocycles. The molecule has 106 valence electrons. The third-order valence-corrected chi connectivity index (χ3v) is 4.41. The molecule has 1 saturated carbocycles. The molecule has 3 heteroatoms. The minimum Gasteiger partial charge on any atom is -0.508 e. The number of rotatable bonds is 5. The van der Waals surface area contributed by atoms with Gasteiger partial charge in [-0.1, -0.05) is 38.0 Å². The molecular weight excluding hydrogens is 236 g/mol. The van der Waals surface area contributed by atoms with Crippen molar-refractivity contribution < 1.29 is 5.11 Å². The van der Waals surface area contributed by atoms with E-state index in [0.29, 0.717) is 17.7 Å². The second kappa shape index (κ2) is 6.92. The summed E-state index contributed by atoms with van der Waals surface area (Å²) in [5, 5.41) is 9.93. The van der Waals surface area contributed by atoms with Gasteiger partial charge in [-0.2, -0.15) is 0 Å². The van der Waals surface area contributed by atoms with E-state index in [0.717, 1.165) is 25.2 Å².